The van der Waals surface area contributed by atoms with E-state index in [2.05, 4.69) is 22.4 Å². The lowest BCUT2D eigenvalue weighted by atomic mass is 10.0. The second kappa shape index (κ2) is 6.69. The van der Waals surface area contributed by atoms with Gasteiger partial charge in [-0.1, -0.05) is 41.9 Å². The zero-order valence-corrected chi connectivity index (χ0v) is 14.4. The monoisotopic (exact) mass is 348 g/mol. The first-order valence-electron chi connectivity index (χ1n) is 8.29. The SMILES string of the molecule is O=C1Cc2ccc(-c3cncc(CCc4ccccc4Cl)c3)cc2N1. The van der Waals surface area contributed by atoms with Gasteiger partial charge in [0.25, 0.3) is 0 Å². The number of nitrogens with one attached hydrogen (secondary N) is 1. The van der Waals surface area contributed by atoms with Crippen molar-refractivity contribution in [2.75, 3.05) is 5.32 Å². The van der Waals surface area contributed by atoms with E-state index >= 15 is 0 Å². The molecule has 0 saturated carbocycles. The number of rotatable bonds is 4. The van der Waals surface area contributed by atoms with Gasteiger partial charge in [0.05, 0.1) is 6.42 Å². The average molecular weight is 349 g/mol. The molecule has 0 fully saturated rings. The van der Waals surface area contributed by atoms with Crippen LogP contribution in [-0.2, 0) is 24.1 Å². The van der Waals surface area contributed by atoms with Gasteiger partial charge >= 0.3 is 0 Å². The molecule has 4 rings (SSSR count). The van der Waals surface area contributed by atoms with Gasteiger partial charge in [-0.05, 0) is 53.3 Å². The van der Waals surface area contributed by atoms with Crippen molar-refractivity contribution in [1.29, 1.82) is 0 Å². The Morgan fingerprint density at radius 2 is 1.88 bits per heavy atom. The Hall–Kier alpha value is -2.65. The first kappa shape index (κ1) is 15.9. The van der Waals surface area contributed by atoms with Crippen LogP contribution < -0.4 is 5.32 Å². The van der Waals surface area contributed by atoms with E-state index in [0.717, 1.165) is 45.8 Å². The van der Waals surface area contributed by atoms with Crippen LogP contribution in [0.5, 0.6) is 0 Å². The number of nitrogens with zero attached hydrogens (tertiary/aromatic N) is 1. The molecule has 1 aliphatic rings. The lowest BCUT2D eigenvalue weighted by molar-refractivity contribution is -0.115. The molecule has 3 aromatic rings. The Balaban J connectivity index is 1.55. The van der Waals surface area contributed by atoms with Crippen LogP contribution in [0.1, 0.15) is 16.7 Å². The zero-order valence-electron chi connectivity index (χ0n) is 13.6. The summed E-state index contributed by atoms with van der Waals surface area (Å²) in [4.78, 5) is 15.9. The van der Waals surface area contributed by atoms with Gasteiger partial charge < -0.3 is 5.32 Å². The van der Waals surface area contributed by atoms with Gasteiger partial charge in [-0.25, -0.2) is 0 Å². The Bertz CT molecular complexity index is 952. The van der Waals surface area contributed by atoms with Gasteiger partial charge in [0.1, 0.15) is 0 Å². The Morgan fingerprint density at radius 1 is 1.00 bits per heavy atom. The molecule has 3 nitrogen and oxygen atoms in total. The fraction of sp³-hybridized carbons (Fsp3) is 0.143. The highest BCUT2D eigenvalue weighted by molar-refractivity contribution is 6.31. The van der Waals surface area contributed by atoms with Gasteiger partial charge in [0, 0.05) is 28.7 Å². The Morgan fingerprint density at radius 3 is 2.76 bits per heavy atom. The first-order chi connectivity index (χ1) is 12.2. The predicted octanol–water partition coefficient (Wildman–Crippen LogP) is 4.68. The fourth-order valence-electron chi connectivity index (χ4n) is 3.16. The highest BCUT2D eigenvalue weighted by Gasteiger charge is 2.17. The molecule has 0 radical (unpaired) electrons. The second-order valence-corrected chi connectivity index (χ2v) is 6.68. The van der Waals surface area contributed by atoms with Crippen LogP contribution in [0.3, 0.4) is 0 Å². The molecule has 0 saturated heterocycles. The third-order valence-electron chi connectivity index (χ3n) is 4.50. The fourth-order valence-corrected chi connectivity index (χ4v) is 3.39. The molecule has 1 aliphatic heterocycles. The summed E-state index contributed by atoms with van der Waals surface area (Å²) in [6.45, 7) is 0. The predicted molar refractivity (Wildman–Crippen MR) is 101 cm³/mol. The van der Waals surface area contributed by atoms with Crippen LogP contribution in [0.15, 0.2) is 60.9 Å². The van der Waals surface area contributed by atoms with Gasteiger partial charge in [-0.2, -0.15) is 0 Å². The van der Waals surface area contributed by atoms with Crippen molar-refractivity contribution in [3.63, 3.8) is 0 Å². The minimum absolute atomic E-state index is 0.0544. The van der Waals surface area contributed by atoms with Gasteiger partial charge in [0.15, 0.2) is 0 Å². The minimum Gasteiger partial charge on any atom is -0.326 e. The summed E-state index contributed by atoms with van der Waals surface area (Å²) in [5, 5.41) is 3.71. The first-order valence-corrected chi connectivity index (χ1v) is 8.67. The number of carbonyl (C=O) groups is 1. The van der Waals surface area contributed by atoms with Crippen LogP contribution in [0.4, 0.5) is 5.69 Å². The van der Waals surface area contributed by atoms with Crippen molar-refractivity contribution in [2.24, 2.45) is 0 Å². The van der Waals surface area contributed by atoms with Crippen LogP contribution in [-0.4, -0.2) is 10.9 Å². The van der Waals surface area contributed by atoms with Gasteiger partial charge in [-0.3, -0.25) is 9.78 Å². The normalized spacial score (nSPS) is 12.8. The van der Waals surface area contributed by atoms with Crippen molar-refractivity contribution in [1.82, 2.24) is 4.98 Å². The molecule has 25 heavy (non-hydrogen) atoms. The number of hydrogen-bond donors (Lipinski definition) is 1. The highest BCUT2D eigenvalue weighted by atomic mass is 35.5. The molecule has 4 heteroatoms. The van der Waals surface area contributed by atoms with Crippen molar-refractivity contribution < 1.29 is 4.79 Å². The van der Waals surface area contributed by atoms with Gasteiger partial charge in [-0.15, -0.1) is 0 Å². The second-order valence-electron chi connectivity index (χ2n) is 6.27. The summed E-state index contributed by atoms with van der Waals surface area (Å²) in [5.74, 6) is 0.0544. The minimum atomic E-state index is 0.0544. The molecule has 0 atom stereocenters. The molecule has 0 unspecified atom stereocenters. The lowest BCUT2D eigenvalue weighted by Gasteiger charge is -2.08. The van der Waals surface area contributed by atoms with E-state index in [4.69, 9.17) is 11.6 Å². The molecule has 124 valence electrons. The van der Waals surface area contributed by atoms with Crippen LogP contribution in [0.25, 0.3) is 11.1 Å². The Kier molecular flexibility index (Phi) is 4.24. The number of halogens is 1. The summed E-state index contributed by atoms with van der Waals surface area (Å²) in [5.41, 5.74) is 6.39. The number of fused-ring (bicyclic) bond motifs is 1. The topological polar surface area (TPSA) is 42.0 Å². The third kappa shape index (κ3) is 3.42. The molecule has 2 aromatic carbocycles. The number of aryl methyl sites for hydroxylation is 2. The number of benzene rings is 2. The van der Waals surface area contributed by atoms with E-state index in [0.29, 0.717) is 6.42 Å². The summed E-state index contributed by atoms with van der Waals surface area (Å²) >= 11 is 6.23. The summed E-state index contributed by atoms with van der Waals surface area (Å²) < 4.78 is 0. The van der Waals surface area contributed by atoms with E-state index in [1.807, 2.05) is 48.8 Å². The average Bonchev–Trinajstić information content (AvgIpc) is 3.00. The van der Waals surface area contributed by atoms with Gasteiger partial charge in [0.2, 0.25) is 5.91 Å². The van der Waals surface area contributed by atoms with E-state index < -0.39 is 0 Å². The number of aromatic nitrogens is 1. The summed E-state index contributed by atoms with van der Waals surface area (Å²) in [6.07, 6.45) is 5.98. The van der Waals surface area contributed by atoms with E-state index in [1.54, 1.807) is 0 Å². The molecule has 1 aromatic heterocycles. The maximum Gasteiger partial charge on any atom is 0.228 e. The van der Waals surface area contributed by atoms with Crippen molar-refractivity contribution in [2.45, 2.75) is 19.3 Å². The van der Waals surface area contributed by atoms with Crippen molar-refractivity contribution >= 4 is 23.2 Å². The smallest absolute Gasteiger partial charge is 0.228 e. The van der Waals surface area contributed by atoms with E-state index in [-0.39, 0.29) is 5.91 Å². The number of carbonyl (C=O) groups excluding carboxylic acids is 1. The molecular formula is C21H17ClN2O. The largest absolute Gasteiger partial charge is 0.326 e. The van der Waals surface area contributed by atoms with Crippen LogP contribution in [0, 0.1) is 0 Å². The molecule has 1 amide bonds. The molecule has 2 heterocycles. The molecule has 0 spiro atoms. The van der Waals surface area contributed by atoms with Crippen LogP contribution in [0.2, 0.25) is 5.02 Å². The maximum atomic E-state index is 11.5. The molecular weight excluding hydrogens is 332 g/mol. The maximum absolute atomic E-state index is 11.5. The number of amides is 1. The number of hydrogen-bond acceptors (Lipinski definition) is 2. The third-order valence-corrected chi connectivity index (χ3v) is 4.87. The quantitative estimate of drug-likeness (QED) is 0.743. The molecule has 0 bridgehead atoms. The van der Waals surface area contributed by atoms with Crippen molar-refractivity contribution in [3.05, 3.63) is 82.6 Å². The zero-order chi connectivity index (χ0) is 17.2. The molecule has 0 aliphatic carbocycles. The van der Waals surface area contributed by atoms with E-state index in [1.165, 1.54) is 5.56 Å². The highest BCUT2D eigenvalue weighted by Crippen LogP contribution is 2.29. The van der Waals surface area contributed by atoms with Crippen molar-refractivity contribution in [3.8, 4) is 11.1 Å². The van der Waals surface area contributed by atoms with E-state index in [9.17, 15) is 4.79 Å². The van der Waals surface area contributed by atoms with Crippen LogP contribution >= 0.6 is 11.6 Å². The Labute approximate surface area is 151 Å². The lowest BCUT2D eigenvalue weighted by Crippen LogP contribution is -2.03. The molecule has 1 N–H and O–H groups in total. The summed E-state index contributed by atoms with van der Waals surface area (Å²) in [7, 11) is 0. The number of anilines is 1. The summed E-state index contributed by atoms with van der Waals surface area (Å²) in [6, 6.07) is 16.2. The standard InChI is InChI=1S/C21H17ClN2O/c22-19-4-2-1-3-15(19)6-5-14-9-18(13-23-12-14)16-7-8-17-11-21(25)24-20(17)10-16/h1-4,7-10,12-13H,5-6,11H2,(H,24,25). The number of pyridine rings is 1.